The van der Waals surface area contributed by atoms with Gasteiger partial charge in [-0.1, -0.05) is 36.4 Å². The van der Waals surface area contributed by atoms with E-state index in [1.807, 2.05) is 65.7 Å². The Morgan fingerprint density at radius 2 is 1.87 bits per heavy atom. The molecule has 1 fully saturated rings. The van der Waals surface area contributed by atoms with Gasteiger partial charge in [-0.3, -0.25) is 4.79 Å². The molecule has 0 saturated carbocycles. The van der Waals surface area contributed by atoms with Crippen LogP contribution in [0.1, 0.15) is 24.0 Å². The average molecular weight is 399 g/mol. The molecule has 0 bridgehead atoms. The van der Waals surface area contributed by atoms with E-state index >= 15 is 0 Å². The Hall–Kier alpha value is -3.47. The number of carbonyl (C=O) groups is 1. The first kappa shape index (κ1) is 19.8. The second kappa shape index (κ2) is 9.83. The zero-order valence-electron chi connectivity index (χ0n) is 16.9. The fourth-order valence-electron chi connectivity index (χ4n) is 3.84. The van der Waals surface area contributed by atoms with E-state index in [-0.39, 0.29) is 5.91 Å². The zero-order chi connectivity index (χ0) is 20.6. The molecule has 1 aliphatic rings. The first-order chi connectivity index (χ1) is 14.8. The summed E-state index contributed by atoms with van der Waals surface area (Å²) in [5, 5.41) is 3.24. The van der Waals surface area contributed by atoms with Crippen molar-refractivity contribution in [3.63, 3.8) is 0 Å². The summed E-state index contributed by atoms with van der Waals surface area (Å²) in [6.07, 6.45) is 10.3. The second-order valence-electron chi connectivity index (χ2n) is 7.63. The molecule has 152 valence electrons. The van der Waals surface area contributed by atoms with Crippen LogP contribution in [0.5, 0.6) is 0 Å². The summed E-state index contributed by atoms with van der Waals surface area (Å²) >= 11 is 0. The molecule has 0 spiro atoms. The number of anilines is 2. The molecule has 1 atom stereocenters. The summed E-state index contributed by atoms with van der Waals surface area (Å²) in [4.78, 5) is 23.3. The van der Waals surface area contributed by atoms with E-state index < -0.39 is 0 Å². The Morgan fingerprint density at radius 3 is 2.70 bits per heavy atom. The molecule has 3 heterocycles. The van der Waals surface area contributed by atoms with Crippen molar-refractivity contribution in [3.8, 4) is 0 Å². The number of pyridine rings is 2. The Balaban J connectivity index is 1.35. The number of benzene rings is 1. The fourth-order valence-corrected chi connectivity index (χ4v) is 3.84. The lowest BCUT2D eigenvalue weighted by atomic mass is 9.91. The third kappa shape index (κ3) is 5.54. The minimum absolute atomic E-state index is 0.0933. The molecule has 5 nitrogen and oxygen atoms in total. The first-order valence-electron chi connectivity index (χ1n) is 10.4. The Bertz CT molecular complexity index is 988. The highest BCUT2D eigenvalue weighted by Crippen LogP contribution is 2.23. The van der Waals surface area contributed by atoms with Crippen LogP contribution in [0.25, 0.3) is 6.08 Å². The number of likely N-dealkylation sites (tertiary alicyclic amines) is 1. The topological polar surface area (TPSA) is 58.1 Å². The SMILES string of the molecule is O=C(/C=C/c1ccccc1)N1CCC[C@@H](Cc2ccnc(Nc3ccccn3)c2)C1. The molecule has 0 aliphatic carbocycles. The quantitative estimate of drug-likeness (QED) is 0.611. The molecule has 5 heteroatoms. The summed E-state index contributed by atoms with van der Waals surface area (Å²) in [7, 11) is 0. The number of carbonyl (C=O) groups excluding carboxylic acids is 1. The Morgan fingerprint density at radius 1 is 1.03 bits per heavy atom. The number of amides is 1. The highest BCUT2D eigenvalue weighted by Gasteiger charge is 2.22. The molecule has 30 heavy (non-hydrogen) atoms. The molecular formula is C25H26N4O. The number of piperidine rings is 1. The molecule has 1 amide bonds. The normalized spacial score (nSPS) is 16.5. The van der Waals surface area contributed by atoms with Crippen LogP contribution in [-0.4, -0.2) is 33.9 Å². The summed E-state index contributed by atoms with van der Waals surface area (Å²) in [5.41, 5.74) is 2.27. The number of hydrogen-bond acceptors (Lipinski definition) is 4. The van der Waals surface area contributed by atoms with Gasteiger partial charge in [-0.05, 0) is 66.6 Å². The van der Waals surface area contributed by atoms with Gasteiger partial charge < -0.3 is 10.2 Å². The van der Waals surface area contributed by atoms with Gasteiger partial charge in [0.25, 0.3) is 0 Å². The first-order valence-corrected chi connectivity index (χ1v) is 10.4. The van der Waals surface area contributed by atoms with Crippen LogP contribution >= 0.6 is 0 Å². The predicted molar refractivity (Wildman–Crippen MR) is 120 cm³/mol. The van der Waals surface area contributed by atoms with Gasteiger partial charge in [-0.25, -0.2) is 9.97 Å². The van der Waals surface area contributed by atoms with Crippen LogP contribution in [0.4, 0.5) is 11.6 Å². The summed E-state index contributed by atoms with van der Waals surface area (Å²) in [6, 6.07) is 19.8. The van der Waals surface area contributed by atoms with E-state index in [1.54, 1.807) is 12.3 Å². The van der Waals surface area contributed by atoms with E-state index in [0.29, 0.717) is 5.92 Å². The fraction of sp³-hybridized carbons (Fsp3) is 0.240. The van der Waals surface area contributed by atoms with E-state index in [4.69, 9.17) is 0 Å². The summed E-state index contributed by atoms with van der Waals surface area (Å²) in [5.74, 6) is 2.12. The van der Waals surface area contributed by atoms with E-state index in [1.165, 1.54) is 5.56 Å². The lowest BCUT2D eigenvalue weighted by Crippen LogP contribution is -2.39. The minimum atomic E-state index is 0.0933. The van der Waals surface area contributed by atoms with Crippen molar-refractivity contribution in [3.05, 3.63) is 90.3 Å². The lowest BCUT2D eigenvalue weighted by Gasteiger charge is -2.32. The number of hydrogen-bond donors (Lipinski definition) is 1. The van der Waals surface area contributed by atoms with Gasteiger partial charge in [-0.15, -0.1) is 0 Å². The molecule has 2 aromatic heterocycles. The molecule has 3 aromatic rings. The third-order valence-electron chi connectivity index (χ3n) is 5.32. The molecule has 0 unspecified atom stereocenters. The molecule has 1 N–H and O–H groups in total. The Kier molecular flexibility index (Phi) is 6.50. The largest absolute Gasteiger partial charge is 0.339 e. The number of nitrogens with zero attached hydrogens (tertiary/aromatic N) is 3. The van der Waals surface area contributed by atoms with Crippen molar-refractivity contribution in [2.75, 3.05) is 18.4 Å². The van der Waals surface area contributed by atoms with Gasteiger partial charge in [0.15, 0.2) is 0 Å². The van der Waals surface area contributed by atoms with Crippen LogP contribution in [0.15, 0.2) is 79.1 Å². The smallest absolute Gasteiger partial charge is 0.246 e. The van der Waals surface area contributed by atoms with E-state index in [9.17, 15) is 4.79 Å². The van der Waals surface area contributed by atoms with Crippen molar-refractivity contribution in [2.45, 2.75) is 19.3 Å². The van der Waals surface area contributed by atoms with Gasteiger partial charge in [0.2, 0.25) is 5.91 Å². The lowest BCUT2D eigenvalue weighted by molar-refractivity contribution is -0.127. The molecule has 1 aliphatic heterocycles. The molecule has 0 radical (unpaired) electrons. The van der Waals surface area contributed by atoms with E-state index in [0.717, 1.165) is 49.6 Å². The second-order valence-corrected chi connectivity index (χ2v) is 7.63. The van der Waals surface area contributed by atoms with Crippen LogP contribution in [0, 0.1) is 5.92 Å². The Labute approximate surface area is 177 Å². The molecule has 1 saturated heterocycles. The van der Waals surface area contributed by atoms with Crippen LogP contribution in [-0.2, 0) is 11.2 Å². The maximum absolute atomic E-state index is 12.6. The maximum atomic E-state index is 12.6. The van der Waals surface area contributed by atoms with Crippen LogP contribution in [0.3, 0.4) is 0 Å². The highest BCUT2D eigenvalue weighted by molar-refractivity contribution is 5.91. The maximum Gasteiger partial charge on any atom is 0.246 e. The van der Waals surface area contributed by atoms with Crippen molar-refractivity contribution in [2.24, 2.45) is 5.92 Å². The standard InChI is InChI=1S/C25H26N4O/c30-25(12-11-20-7-2-1-3-8-20)29-16-6-9-22(19-29)17-21-13-15-27-24(18-21)28-23-10-4-5-14-26-23/h1-5,7-8,10-15,18,22H,6,9,16-17,19H2,(H,26,27,28)/b12-11+/t22-/m0/s1. The number of nitrogens with one attached hydrogen (secondary N) is 1. The monoisotopic (exact) mass is 398 g/mol. The van der Waals surface area contributed by atoms with Gasteiger partial charge >= 0.3 is 0 Å². The van der Waals surface area contributed by atoms with Gasteiger partial charge in [0, 0.05) is 31.6 Å². The van der Waals surface area contributed by atoms with Gasteiger partial charge in [0.1, 0.15) is 11.6 Å². The van der Waals surface area contributed by atoms with Crippen LogP contribution in [0.2, 0.25) is 0 Å². The molecule has 4 rings (SSSR count). The predicted octanol–water partition coefficient (Wildman–Crippen LogP) is 4.71. The zero-order valence-corrected chi connectivity index (χ0v) is 16.9. The number of aromatic nitrogens is 2. The molecular weight excluding hydrogens is 372 g/mol. The van der Waals surface area contributed by atoms with Crippen molar-refractivity contribution in [1.29, 1.82) is 0 Å². The summed E-state index contributed by atoms with van der Waals surface area (Å²) < 4.78 is 0. The minimum Gasteiger partial charge on any atom is -0.339 e. The van der Waals surface area contributed by atoms with Crippen LogP contribution < -0.4 is 5.32 Å². The van der Waals surface area contributed by atoms with Crippen molar-refractivity contribution >= 4 is 23.6 Å². The van der Waals surface area contributed by atoms with Crippen molar-refractivity contribution in [1.82, 2.24) is 14.9 Å². The van der Waals surface area contributed by atoms with E-state index in [2.05, 4.69) is 27.4 Å². The number of rotatable bonds is 6. The van der Waals surface area contributed by atoms with Gasteiger partial charge in [0.05, 0.1) is 0 Å². The van der Waals surface area contributed by atoms with Gasteiger partial charge in [-0.2, -0.15) is 0 Å². The van der Waals surface area contributed by atoms with Crippen molar-refractivity contribution < 1.29 is 4.79 Å². The average Bonchev–Trinajstić information content (AvgIpc) is 2.79. The highest BCUT2D eigenvalue weighted by atomic mass is 16.2. The summed E-state index contributed by atoms with van der Waals surface area (Å²) in [6.45, 7) is 1.63. The molecule has 1 aromatic carbocycles. The third-order valence-corrected chi connectivity index (χ3v) is 5.32.